The van der Waals surface area contributed by atoms with Crippen LogP contribution in [0.3, 0.4) is 0 Å². The van der Waals surface area contributed by atoms with Crippen LogP contribution in [0.4, 0.5) is 0 Å². The van der Waals surface area contributed by atoms with Gasteiger partial charge in [0, 0.05) is 46.9 Å². The van der Waals surface area contributed by atoms with Gasteiger partial charge in [0.2, 0.25) is 0 Å². The molecular formula is C15H33N3O. The van der Waals surface area contributed by atoms with Gasteiger partial charge < -0.3 is 19.8 Å². The second-order valence-corrected chi connectivity index (χ2v) is 5.21. The number of piperazine rings is 1. The molecule has 0 bridgehead atoms. The van der Waals surface area contributed by atoms with Crippen molar-refractivity contribution in [2.75, 3.05) is 60.0 Å². The largest absolute Gasteiger partial charge is 0.396 e. The summed E-state index contributed by atoms with van der Waals surface area (Å²) < 4.78 is 0. The van der Waals surface area contributed by atoms with Crippen LogP contribution in [0.15, 0.2) is 12.8 Å². The van der Waals surface area contributed by atoms with Crippen LogP contribution in [-0.2, 0) is 0 Å². The van der Waals surface area contributed by atoms with Gasteiger partial charge in [0.15, 0.2) is 0 Å². The summed E-state index contributed by atoms with van der Waals surface area (Å²) in [5.41, 5.74) is 0. The minimum absolute atomic E-state index is 0.351. The Morgan fingerprint density at radius 3 is 2.00 bits per heavy atom. The molecule has 0 spiro atoms. The number of aliphatic hydroxyl groups is 1. The Labute approximate surface area is 119 Å². The molecular weight excluding hydrogens is 238 g/mol. The first kappa shape index (κ1) is 18.4. The third-order valence-electron chi connectivity index (χ3n) is 3.41. The number of rotatable bonds is 7. The predicted octanol–water partition coefficient (Wildman–Crippen LogP) is 1.48. The third-order valence-corrected chi connectivity index (χ3v) is 3.41. The van der Waals surface area contributed by atoms with E-state index in [1.807, 2.05) is 19.0 Å². The van der Waals surface area contributed by atoms with Crippen molar-refractivity contribution in [3.05, 3.63) is 12.8 Å². The fourth-order valence-corrected chi connectivity index (χ4v) is 1.95. The molecule has 4 nitrogen and oxygen atoms in total. The van der Waals surface area contributed by atoms with Crippen molar-refractivity contribution in [2.24, 2.45) is 0 Å². The van der Waals surface area contributed by atoms with E-state index in [4.69, 9.17) is 5.11 Å². The van der Waals surface area contributed by atoms with Gasteiger partial charge in [0.1, 0.15) is 0 Å². The SMILES string of the molecule is C=CN(C)C.CCN1CCN(CCCCCO)CC1. The fraction of sp³-hybridized carbons (Fsp3) is 0.867. The van der Waals surface area contributed by atoms with Gasteiger partial charge in [-0.25, -0.2) is 0 Å². The summed E-state index contributed by atoms with van der Waals surface area (Å²) in [5, 5.41) is 8.65. The normalized spacial score (nSPS) is 16.6. The minimum atomic E-state index is 0.351. The van der Waals surface area contributed by atoms with Crippen molar-refractivity contribution in [1.82, 2.24) is 14.7 Å². The standard InChI is InChI=1S/C11H24N2O.C4H9N/c1-2-12-7-9-13(10-8-12)6-4-3-5-11-14;1-4-5(2)3/h14H,2-11H2,1H3;4H,1H2,2-3H3. The Bertz CT molecular complexity index is 202. The molecule has 0 aliphatic carbocycles. The molecule has 0 aromatic heterocycles. The molecule has 4 heteroatoms. The minimum Gasteiger partial charge on any atom is -0.396 e. The molecule has 0 aromatic rings. The van der Waals surface area contributed by atoms with Gasteiger partial charge in [-0.15, -0.1) is 0 Å². The van der Waals surface area contributed by atoms with E-state index < -0.39 is 0 Å². The second-order valence-electron chi connectivity index (χ2n) is 5.21. The monoisotopic (exact) mass is 271 g/mol. The average Bonchev–Trinajstić information content (AvgIpc) is 2.45. The summed E-state index contributed by atoms with van der Waals surface area (Å²) in [7, 11) is 3.88. The van der Waals surface area contributed by atoms with Crippen molar-refractivity contribution in [1.29, 1.82) is 0 Å². The maximum absolute atomic E-state index is 8.65. The Morgan fingerprint density at radius 2 is 1.58 bits per heavy atom. The van der Waals surface area contributed by atoms with Crippen LogP contribution in [0.2, 0.25) is 0 Å². The zero-order valence-electron chi connectivity index (χ0n) is 13.1. The molecule has 0 radical (unpaired) electrons. The Balaban J connectivity index is 0.000000555. The Morgan fingerprint density at radius 1 is 1.05 bits per heavy atom. The Hall–Kier alpha value is -0.580. The molecule has 1 N–H and O–H groups in total. The van der Waals surface area contributed by atoms with Gasteiger partial charge in [-0.2, -0.15) is 0 Å². The number of hydrogen-bond donors (Lipinski definition) is 1. The van der Waals surface area contributed by atoms with E-state index in [0.29, 0.717) is 6.61 Å². The van der Waals surface area contributed by atoms with E-state index in [-0.39, 0.29) is 0 Å². The van der Waals surface area contributed by atoms with Crippen LogP contribution in [0.5, 0.6) is 0 Å². The van der Waals surface area contributed by atoms with Crippen molar-refractivity contribution in [3.8, 4) is 0 Å². The number of nitrogens with zero attached hydrogens (tertiary/aromatic N) is 3. The lowest BCUT2D eigenvalue weighted by Crippen LogP contribution is -2.46. The van der Waals surface area contributed by atoms with Gasteiger partial charge in [0.25, 0.3) is 0 Å². The predicted molar refractivity (Wildman–Crippen MR) is 83.4 cm³/mol. The summed E-state index contributed by atoms with van der Waals surface area (Å²) in [6.45, 7) is 13.4. The van der Waals surface area contributed by atoms with Crippen molar-refractivity contribution in [3.63, 3.8) is 0 Å². The molecule has 19 heavy (non-hydrogen) atoms. The zero-order chi connectivity index (χ0) is 14.5. The summed E-state index contributed by atoms with van der Waals surface area (Å²) in [5.74, 6) is 0. The first-order valence-corrected chi connectivity index (χ1v) is 7.48. The number of likely N-dealkylation sites (N-methyl/N-ethyl adjacent to an activating group) is 1. The third kappa shape index (κ3) is 11.0. The zero-order valence-corrected chi connectivity index (χ0v) is 13.1. The first-order valence-electron chi connectivity index (χ1n) is 7.48. The molecule has 1 rings (SSSR count). The average molecular weight is 271 g/mol. The van der Waals surface area contributed by atoms with Crippen LogP contribution in [0.1, 0.15) is 26.2 Å². The maximum Gasteiger partial charge on any atom is 0.0431 e. The molecule has 1 fully saturated rings. The molecule has 1 saturated heterocycles. The molecule has 1 aliphatic heterocycles. The molecule has 0 atom stereocenters. The Kier molecular flexibility index (Phi) is 12.1. The number of unbranched alkanes of at least 4 members (excludes halogenated alkanes) is 2. The summed E-state index contributed by atoms with van der Waals surface area (Å²) in [6.07, 6.45) is 5.13. The highest BCUT2D eigenvalue weighted by Crippen LogP contribution is 2.03. The topological polar surface area (TPSA) is 30.0 Å². The van der Waals surface area contributed by atoms with Crippen LogP contribution < -0.4 is 0 Å². The number of aliphatic hydroxyl groups excluding tert-OH is 1. The van der Waals surface area contributed by atoms with Crippen molar-refractivity contribution >= 4 is 0 Å². The van der Waals surface area contributed by atoms with E-state index in [0.717, 1.165) is 6.42 Å². The summed E-state index contributed by atoms with van der Waals surface area (Å²) in [6, 6.07) is 0. The maximum atomic E-state index is 8.65. The van der Waals surface area contributed by atoms with Gasteiger partial charge in [-0.1, -0.05) is 13.5 Å². The highest BCUT2D eigenvalue weighted by molar-refractivity contribution is 4.70. The van der Waals surface area contributed by atoms with Crippen molar-refractivity contribution < 1.29 is 5.11 Å². The van der Waals surface area contributed by atoms with E-state index >= 15 is 0 Å². The summed E-state index contributed by atoms with van der Waals surface area (Å²) >= 11 is 0. The van der Waals surface area contributed by atoms with Gasteiger partial charge >= 0.3 is 0 Å². The van der Waals surface area contributed by atoms with Gasteiger partial charge in [0.05, 0.1) is 0 Å². The number of hydrogen-bond acceptors (Lipinski definition) is 4. The van der Waals surface area contributed by atoms with E-state index in [2.05, 4.69) is 23.3 Å². The smallest absolute Gasteiger partial charge is 0.0431 e. The van der Waals surface area contributed by atoms with E-state index in [9.17, 15) is 0 Å². The molecule has 0 amide bonds. The fourth-order valence-electron chi connectivity index (χ4n) is 1.95. The van der Waals surface area contributed by atoms with Crippen LogP contribution in [0, 0.1) is 0 Å². The van der Waals surface area contributed by atoms with Crippen LogP contribution in [0.25, 0.3) is 0 Å². The lowest BCUT2D eigenvalue weighted by Gasteiger charge is -2.33. The lowest BCUT2D eigenvalue weighted by atomic mass is 10.2. The van der Waals surface area contributed by atoms with Crippen LogP contribution in [-0.4, -0.2) is 79.8 Å². The first-order chi connectivity index (χ1) is 9.13. The molecule has 0 unspecified atom stereocenters. The second kappa shape index (κ2) is 12.5. The lowest BCUT2D eigenvalue weighted by molar-refractivity contribution is 0.135. The molecule has 0 aromatic carbocycles. The van der Waals surface area contributed by atoms with Gasteiger partial charge in [-0.3, -0.25) is 0 Å². The highest BCUT2D eigenvalue weighted by Gasteiger charge is 2.14. The molecule has 114 valence electrons. The van der Waals surface area contributed by atoms with Gasteiger partial charge in [-0.05, 0) is 38.6 Å². The molecule has 0 saturated carbocycles. The highest BCUT2D eigenvalue weighted by atomic mass is 16.2. The van der Waals surface area contributed by atoms with E-state index in [1.165, 1.54) is 52.1 Å². The molecule has 1 aliphatic rings. The van der Waals surface area contributed by atoms with Crippen molar-refractivity contribution in [2.45, 2.75) is 26.2 Å². The quantitative estimate of drug-likeness (QED) is 0.710. The van der Waals surface area contributed by atoms with E-state index in [1.54, 1.807) is 6.20 Å². The summed E-state index contributed by atoms with van der Waals surface area (Å²) in [4.78, 5) is 6.94. The van der Waals surface area contributed by atoms with Crippen LogP contribution >= 0.6 is 0 Å². The molecule has 1 heterocycles.